The number of nitrogens with zero attached hydrogens (tertiary/aromatic N) is 2. The summed E-state index contributed by atoms with van der Waals surface area (Å²) in [6.45, 7) is 3.18. The molecule has 0 aliphatic carbocycles. The van der Waals surface area contributed by atoms with Crippen LogP contribution in [0.4, 0.5) is 5.69 Å². The summed E-state index contributed by atoms with van der Waals surface area (Å²) in [7, 11) is -4.33. The van der Waals surface area contributed by atoms with Gasteiger partial charge >= 0.3 is 0 Å². The quantitative estimate of drug-likeness (QED) is 0.257. The Morgan fingerprint density at radius 3 is 2.44 bits per heavy atom. The van der Waals surface area contributed by atoms with Crippen molar-refractivity contribution in [3.05, 3.63) is 58.3 Å². The molecule has 1 unspecified atom stereocenters. The normalized spacial score (nSPS) is 26.0. The van der Waals surface area contributed by atoms with Crippen LogP contribution in [-0.4, -0.2) is 79.2 Å². The van der Waals surface area contributed by atoms with E-state index in [1.54, 1.807) is 19.1 Å². The number of aliphatic hydroxyl groups is 4. The fourth-order valence-electron chi connectivity index (χ4n) is 5.25. The molecule has 0 bridgehead atoms. The second-order valence-electron chi connectivity index (χ2n) is 10.4. The minimum atomic E-state index is -4.33. The zero-order valence-corrected chi connectivity index (χ0v) is 24.1. The molecule has 3 heterocycles. The highest BCUT2D eigenvalue weighted by Gasteiger charge is 2.43. The maximum Gasteiger partial charge on any atom is 0.251 e. The fourth-order valence-corrected chi connectivity index (χ4v) is 7.49. The first-order valence-electron chi connectivity index (χ1n) is 13.5. The standard InChI is InChI=1S/C29H33N3O7S2/c1-17(25(15-30)41(37,38)31-16-22-26(33)27(34)28(35)29(36)39-22)23-9-10-24(40-23)20-6-5-19-14-21(8-7-18(19)13-20)32-11-3-2-4-12-32/h5-10,13-14,22,26-29,31,33-36H,2-4,11-12,16H2,1H3/b25-17+/t22-,26-,27+,28-,29?/m1/s1. The van der Waals surface area contributed by atoms with E-state index in [9.17, 15) is 34.1 Å². The van der Waals surface area contributed by atoms with Gasteiger partial charge in [0.2, 0.25) is 0 Å². The summed E-state index contributed by atoms with van der Waals surface area (Å²) in [6, 6.07) is 18.1. The Bertz CT molecular complexity index is 1590. The minimum absolute atomic E-state index is 0.254. The number of rotatable bonds is 7. The van der Waals surface area contributed by atoms with E-state index in [1.165, 1.54) is 36.3 Å². The molecule has 2 aromatic carbocycles. The second-order valence-corrected chi connectivity index (χ2v) is 13.2. The van der Waals surface area contributed by atoms with Crippen LogP contribution in [0.2, 0.25) is 0 Å². The van der Waals surface area contributed by atoms with Crippen LogP contribution < -0.4 is 9.62 Å². The van der Waals surface area contributed by atoms with Crippen LogP contribution in [0.15, 0.2) is 53.4 Å². The number of hydrogen-bond donors (Lipinski definition) is 5. The molecule has 2 fully saturated rings. The molecule has 218 valence electrons. The van der Waals surface area contributed by atoms with Gasteiger partial charge in [0.1, 0.15) is 30.5 Å². The number of benzene rings is 2. The summed E-state index contributed by atoms with van der Waals surface area (Å²) < 4.78 is 33.3. The minimum Gasteiger partial charge on any atom is -0.388 e. The van der Waals surface area contributed by atoms with E-state index in [2.05, 4.69) is 40.0 Å². The average Bonchev–Trinajstić information content (AvgIpc) is 3.48. The van der Waals surface area contributed by atoms with Crippen molar-refractivity contribution in [1.82, 2.24) is 4.72 Å². The van der Waals surface area contributed by atoms with Gasteiger partial charge in [0, 0.05) is 35.1 Å². The largest absolute Gasteiger partial charge is 0.388 e. The van der Waals surface area contributed by atoms with Crippen molar-refractivity contribution in [1.29, 1.82) is 5.26 Å². The SMILES string of the molecule is C/C(=C(/C#N)S(=O)(=O)NC[C@H]1OC(O)[C@H](O)[C@@H](O)[C@@H]1O)c1ccc(-c2ccc3cc(N4CCCCC4)ccc3c2)s1. The van der Waals surface area contributed by atoms with E-state index in [1.807, 2.05) is 12.1 Å². The maximum absolute atomic E-state index is 13.0. The number of fused-ring (bicyclic) bond motifs is 1. The molecule has 0 radical (unpaired) electrons. The third-order valence-electron chi connectivity index (χ3n) is 7.68. The molecular formula is C29H33N3O7S2. The van der Waals surface area contributed by atoms with Gasteiger partial charge in [0.05, 0.1) is 0 Å². The number of allylic oxidation sites excluding steroid dienone is 2. The lowest BCUT2D eigenvalue weighted by molar-refractivity contribution is -0.279. The number of hydrogen-bond acceptors (Lipinski definition) is 10. The van der Waals surface area contributed by atoms with Crippen LogP contribution in [0.5, 0.6) is 0 Å². The Morgan fingerprint density at radius 1 is 1.00 bits per heavy atom. The summed E-state index contributed by atoms with van der Waals surface area (Å²) in [5.74, 6) is 0. The number of aliphatic hydroxyl groups excluding tert-OH is 4. The van der Waals surface area contributed by atoms with Gasteiger partial charge in [-0.05, 0) is 78.4 Å². The van der Waals surface area contributed by atoms with Gasteiger partial charge in [0.15, 0.2) is 11.2 Å². The van der Waals surface area contributed by atoms with Crippen LogP contribution in [0.25, 0.3) is 26.8 Å². The summed E-state index contributed by atoms with van der Waals surface area (Å²) in [5.41, 5.74) is 2.47. The molecule has 2 saturated heterocycles. The number of ether oxygens (including phenoxy) is 1. The topological polar surface area (TPSA) is 163 Å². The summed E-state index contributed by atoms with van der Waals surface area (Å²) >= 11 is 1.37. The molecule has 41 heavy (non-hydrogen) atoms. The monoisotopic (exact) mass is 599 g/mol. The molecule has 10 nitrogen and oxygen atoms in total. The lowest BCUT2D eigenvalue weighted by Crippen LogP contribution is -2.59. The maximum atomic E-state index is 13.0. The van der Waals surface area contributed by atoms with Gasteiger partial charge in [-0.15, -0.1) is 11.3 Å². The first-order valence-corrected chi connectivity index (χ1v) is 15.8. The molecule has 0 saturated carbocycles. The van der Waals surface area contributed by atoms with Crippen molar-refractivity contribution in [3.8, 4) is 16.5 Å². The predicted octanol–water partition coefficient (Wildman–Crippen LogP) is 2.53. The zero-order chi connectivity index (χ0) is 29.3. The molecule has 5 N–H and O–H groups in total. The Morgan fingerprint density at radius 2 is 1.71 bits per heavy atom. The van der Waals surface area contributed by atoms with E-state index in [0.29, 0.717) is 4.88 Å². The second kappa shape index (κ2) is 12.2. The van der Waals surface area contributed by atoms with Gasteiger partial charge in [-0.2, -0.15) is 5.26 Å². The summed E-state index contributed by atoms with van der Waals surface area (Å²) in [4.78, 5) is 3.45. The summed E-state index contributed by atoms with van der Waals surface area (Å²) in [6.07, 6.45) is -4.53. The van der Waals surface area contributed by atoms with Crippen molar-refractivity contribution in [2.24, 2.45) is 0 Å². The van der Waals surface area contributed by atoms with E-state index in [4.69, 9.17) is 4.74 Å². The number of anilines is 1. The van der Waals surface area contributed by atoms with Crippen molar-refractivity contribution < 1.29 is 33.6 Å². The molecule has 0 spiro atoms. The average molecular weight is 600 g/mol. The van der Waals surface area contributed by atoms with Crippen LogP contribution >= 0.6 is 11.3 Å². The highest BCUT2D eigenvalue weighted by atomic mass is 32.2. The molecule has 2 aliphatic heterocycles. The Kier molecular flexibility index (Phi) is 8.79. The zero-order valence-electron chi connectivity index (χ0n) is 22.5. The van der Waals surface area contributed by atoms with Crippen molar-refractivity contribution in [2.45, 2.75) is 56.9 Å². The number of nitrogens with one attached hydrogen (secondary N) is 1. The Balaban J connectivity index is 1.33. The molecule has 5 atom stereocenters. The molecule has 12 heteroatoms. The number of sulfonamides is 1. The van der Waals surface area contributed by atoms with E-state index in [-0.39, 0.29) is 5.57 Å². The Hall–Kier alpha value is -2.86. The molecule has 1 aromatic heterocycles. The van der Waals surface area contributed by atoms with Gasteiger partial charge < -0.3 is 30.1 Å². The first-order chi connectivity index (χ1) is 19.6. The van der Waals surface area contributed by atoms with E-state index < -0.39 is 52.2 Å². The predicted molar refractivity (Wildman–Crippen MR) is 157 cm³/mol. The smallest absolute Gasteiger partial charge is 0.251 e. The molecule has 0 amide bonds. The third kappa shape index (κ3) is 6.18. The van der Waals surface area contributed by atoms with Crippen molar-refractivity contribution in [2.75, 3.05) is 24.5 Å². The lowest BCUT2D eigenvalue weighted by Gasteiger charge is -2.38. The van der Waals surface area contributed by atoms with Crippen LogP contribution in [-0.2, 0) is 14.8 Å². The fraction of sp³-hybridized carbons (Fsp3) is 0.414. The molecular weight excluding hydrogens is 566 g/mol. The molecule has 3 aromatic rings. The Labute approximate surface area is 242 Å². The first kappa shape index (κ1) is 29.6. The van der Waals surface area contributed by atoms with Crippen LogP contribution in [0.3, 0.4) is 0 Å². The number of nitriles is 1. The van der Waals surface area contributed by atoms with Gasteiger partial charge in [-0.1, -0.05) is 18.2 Å². The molecule has 5 rings (SSSR count). The van der Waals surface area contributed by atoms with Gasteiger partial charge in [-0.25, -0.2) is 13.1 Å². The van der Waals surface area contributed by atoms with E-state index in [0.717, 1.165) is 34.3 Å². The van der Waals surface area contributed by atoms with Crippen molar-refractivity contribution >= 4 is 43.4 Å². The van der Waals surface area contributed by atoms with E-state index >= 15 is 0 Å². The summed E-state index contributed by atoms with van der Waals surface area (Å²) in [5, 5.41) is 51.2. The highest BCUT2D eigenvalue weighted by Crippen LogP contribution is 2.36. The number of thiophene rings is 1. The lowest BCUT2D eigenvalue weighted by atomic mass is 9.99. The van der Waals surface area contributed by atoms with Crippen molar-refractivity contribution in [3.63, 3.8) is 0 Å². The highest BCUT2D eigenvalue weighted by molar-refractivity contribution is 7.93. The van der Waals surface area contributed by atoms with Gasteiger partial charge in [-0.3, -0.25) is 0 Å². The molecule has 2 aliphatic rings. The van der Waals surface area contributed by atoms with Crippen LogP contribution in [0, 0.1) is 11.3 Å². The van der Waals surface area contributed by atoms with Gasteiger partial charge in [0.25, 0.3) is 10.0 Å². The van der Waals surface area contributed by atoms with Crippen LogP contribution in [0.1, 0.15) is 31.1 Å². The third-order valence-corrected chi connectivity index (χ3v) is 10.4. The number of piperidine rings is 1.